The molecule has 0 heterocycles. The number of guanidine groups is 1. The Morgan fingerprint density at radius 1 is 1.13 bits per heavy atom. The summed E-state index contributed by atoms with van der Waals surface area (Å²) in [5.41, 5.74) is 3.98. The van der Waals surface area contributed by atoms with Crippen LogP contribution in [0.1, 0.15) is 49.3 Å². The van der Waals surface area contributed by atoms with Crippen molar-refractivity contribution in [1.29, 1.82) is 0 Å². The Morgan fingerprint density at radius 3 is 2.39 bits per heavy atom. The van der Waals surface area contributed by atoms with Crippen LogP contribution in [0.5, 0.6) is 0 Å². The van der Waals surface area contributed by atoms with Crippen LogP contribution in [-0.2, 0) is 6.42 Å². The number of aliphatic hydroxyl groups excluding tert-OH is 1. The van der Waals surface area contributed by atoms with E-state index >= 15 is 0 Å². The van der Waals surface area contributed by atoms with Crippen LogP contribution >= 0.6 is 0 Å². The molecule has 1 aliphatic rings. The Labute approximate surface area is 140 Å². The highest BCUT2D eigenvalue weighted by atomic mass is 16.3. The Morgan fingerprint density at radius 2 is 1.78 bits per heavy atom. The van der Waals surface area contributed by atoms with E-state index in [9.17, 15) is 5.11 Å². The zero-order valence-electron chi connectivity index (χ0n) is 14.7. The summed E-state index contributed by atoms with van der Waals surface area (Å²) in [4.78, 5) is 4.71. The molecule has 1 aromatic rings. The number of hydrogen-bond acceptors (Lipinski definition) is 2. The van der Waals surface area contributed by atoms with Crippen molar-refractivity contribution in [3.8, 4) is 0 Å². The van der Waals surface area contributed by atoms with Crippen molar-refractivity contribution in [2.24, 2.45) is 4.99 Å². The predicted octanol–water partition coefficient (Wildman–Crippen LogP) is 2.70. The van der Waals surface area contributed by atoms with Crippen molar-refractivity contribution >= 4 is 5.96 Å². The summed E-state index contributed by atoms with van der Waals surface area (Å²) >= 11 is 0. The van der Waals surface area contributed by atoms with E-state index in [2.05, 4.69) is 49.6 Å². The number of nitrogens with one attached hydrogen (secondary N) is 2. The molecule has 2 rings (SSSR count). The van der Waals surface area contributed by atoms with Crippen LogP contribution in [0.15, 0.2) is 23.2 Å². The Bertz CT molecular complexity index is 499. The molecule has 1 aromatic carbocycles. The average molecular weight is 317 g/mol. The van der Waals surface area contributed by atoms with Crippen LogP contribution in [-0.4, -0.2) is 36.3 Å². The molecule has 23 heavy (non-hydrogen) atoms. The third-order valence-electron chi connectivity index (χ3n) is 4.33. The minimum atomic E-state index is -0.114. The molecular formula is C19H31N3O. The van der Waals surface area contributed by atoms with Crippen LogP contribution in [0.4, 0.5) is 0 Å². The number of aliphatic hydroxyl groups is 1. The first kappa shape index (κ1) is 17.8. The summed E-state index contributed by atoms with van der Waals surface area (Å²) in [5, 5.41) is 16.4. The van der Waals surface area contributed by atoms with Crippen molar-refractivity contribution in [3.05, 3.63) is 34.9 Å². The van der Waals surface area contributed by atoms with Gasteiger partial charge >= 0.3 is 0 Å². The minimum Gasteiger partial charge on any atom is -0.393 e. The van der Waals surface area contributed by atoms with Crippen LogP contribution in [0.25, 0.3) is 0 Å². The molecule has 1 fully saturated rings. The second kappa shape index (κ2) is 8.92. The molecule has 4 heteroatoms. The van der Waals surface area contributed by atoms with Gasteiger partial charge in [-0.1, -0.05) is 29.3 Å². The average Bonchev–Trinajstić information content (AvgIpc) is 2.49. The van der Waals surface area contributed by atoms with E-state index in [1.807, 2.05) is 0 Å². The summed E-state index contributed by atoms with van der Waals surface area (Å²) in [6.07, 6.45) is 4.66. The van der Waals surface area contributed by atoms with Gasteiger partial charge in [-0.3, -0.25) is 4.99 Å². The number of nitrogens with zero attached hydrogens (tertiary/aromatic N) is 1. The van der Waals surface area contributed by atoms with E-state index in [0.29, 0.717) is 6.04 Å². The van der Waals surface area contributed by atoms with Gasteiger partial charge in [-0.05, 0) is 58.4 Å². The lowest BCUT2D eigenvalue weighted by Crippen LogP contribution is -2.45. The van der Waals surface area contributed by atoms with E-state index < -0.39 is 0 Å². The van der Waals surface area contributed by atoms with E-state index in [0.717, 1.165) is 51.2 Å². The lowest BCUT2D eigenvalue weighted by atomic mass is 9.93. The van der Waals surface area contributed by atoms with Gasteiger partial charge in [0, 0.05) is 19.1 Å². The van der Waals surface area contributed by atoms with E-state index in [1.165, 1.54) is 16.7 Å². The van der Waals surface area contributed by atoms with Crippen LogP contribution in [0, 0.1) is 13.8 Å². The van der Waals surface area contributed by atoms with Gasteiger partial charge in [-0.2, -0.15) is 0 Å². The molecule has 128 valence electrons. The topological polar surface area (TPSA) is 56.7 Å². The zero-order valence-corrected chi connectivity index (χ0v) is 14.7. The maximum absolute atomic E-state index is 9.60. The highest BCUT2D eigenvalue weighted by molar-refractivity contribution is 5.80. The third kappa shape index (κ3) is 6.22. The Kier molecular flexibility index (Phi) is 6.90. The summed E-state index contributed by atoms with van der Waals surface area (Å²) < 4.78 is 0. The Balaban J connectivity index is 1.87. The molecule has 1 aliphatic carbocycles. The highest BCUT2D eigenvalue weighted by Crippen LogP contribution is 2.18. The molecule has 0 amide bonds. The molecule has 0 bridgehead atoms. The number of aliphatic imine (C=N–C) groups is 1. The van der Waals surface area contributed by atoms with Crippen molar-refractivity contribution < 1.29 is 5.11 Å². The lowest BCUT2D eigenvalue weighted by molar-refractivity contribution is 0.120. The standard InChI is InChI=1S/C19H31N3O/c1-4-20-19(22-17-5-7-18(23)8-6-17)21-10-9-16-12-14(2)11-15(3)13-16/h11-13,17-18,23H,4-10H2,1-3H3,(H2,20,21,22). The fourth-order valence-corrected chi connectivity index (χ4v) is 3.24. The van der Waals surface area contributed by atoms with Gasteiger partial charge in [-0.15, -0.1) is 0 Å². The van der Waals surface area contributed by atoms with Crippen LogP contribution in [0.2, 0.25) is 0 Å². The van der Waals surface area contributed by atoms with Crippen molar-refractivity contribution in [1.82, 2.24) is 10.6 Å². The first-order valence-corrected chi connectivity index (χ1v) is 8.87. The van der Waals surface area contributed by atoms with Gasteiger partial charge in [-0.25, -0.2) is 0 Å². The Hall–Kier alpha value is -1.55. The molecule has 0 aliphatic heterocycles. The highest BCUT2D eigenvalue weighted by Gasteiger charge is 2.19. The molecule has 4 nitrogen and oxygen atoms in total. The van der Waals surface area contributed by atoms with Gasteiger partial charge in [0.15, 0.2) is 5.96 Å². The monoisotopic (exact) mass is 317 g/mol. The first-order valence-electron chi connectivity index (χ1n) is 8.87. The zero-order chi connectivity index (χ0) is 16.7. The third-order valence-corrected chi connectivity index (χ3v) is 4.33. The van der Waals surface area contributed by atoms with Gasteiger partial charge in [0.05, 0.1) is 6.10 Å². The molecular weight excluding hydrogens is 286 g/mol. The quantitative estimate of drug-likeness (QED) is 0.578. The normalized spacial score (nSPS) is 22.0. The molecule has 3 N–H and O–H groups in total. The SMILES string of the molecule is CCNC(=NCCc1cc(C)cc(C)c1)NC1CCC(O)CC1. The molecule has 0 saturated heterocycles. The van der Waals surface area contributed by atoms with Crippen LogP contribution < -0.4 is 10.6 Å². The lowest BCUT2D eigenvalue weighted by Gasteiger charge is -2.27. The second-order valence-corrected chi connectivity index (χ2v) is 6.66. The van der Waals surface area contributed by atoms with Gasteiger partial charge in [0.25, 0.3) is 0 Å². The summed E-state index contributed by atoms with van der Waals surface area (Å²) in [6.45, 7) is 8.02. The van der Waals surface area contributed by atoms with Crippen molar-refractivity contribution in [2.45, 2.75) is 65.0 Å². The number of benzene rings is 1. The molecule has 0 unspecified atom stereocenters. The number of rotatable bonds is 5. The van der Waals surface area contributed by atoms with Gasteiger partial charge in [0.1, 0.15) is 0 Å². The summed E-state index contributed by atoms with van der Waals surface area (Å²) in [6, 6.07) is 7.12. The van der Waals surface area contributed by atoms with Crippen molar-refractivity contribution in [2.75, 3.05) is 13.1 Å². The predicted molar refractivity (Wildman–Crippen MR) is 97.0 cm³/mol. The molecule has 1 saturated carbocycles. The summed E-state index contributed by atoms with van der Waals surface area (Å²) in [7, 11) is 0. The second-order valence-electron chi connectivity index (χ2n) is 6.66. The molecule has 0 spiro atoms. The minimum absolute atomic E-state index is 0.114. The van der Waals surface area contributed by atoms with E-state index in [4.69, 9.17) is 4.99 Å². The molecule has 0 atom stereocenters. The van der Waals surface area contributed by atoms with Crippen molar-refractivity contribution in [3.63, 3.8) is 0 Å². The summed E-state index contributed by atoms with van der Waals surface area (Å²) in [5.74, 6) is 0.901. The maximum atomic E-state index is 9.60. The smallest absolute Gasteiger partial charge is 0.191 e. The number of hydrogen-bond donors (Lipinski definition) is 3. The van der Waals surface area contributed by atoms with Crippen LogP contribution in [0.3, 0.4) is 0 Å². The van der Waals surface area contributed by atoms with E-state index in [-0.39, 0.29) is 6.10 Å². The molecule has 0 radical (unpaired) electrons. The van der Waals surface area contributed by atoms with Gasteiger partial charge in [0.2, 0.25) is 0 Å². The molecule has 0 aromatic heterocycles. The fourth-order valence-electron chi connectivity index (χ4n) is 3.24. The first-order chi connectivity index (χ1) is 11.1. The maximum Gasteiger partial charge on any atom is 0.191 e. The van der Waals surface area contributed by atoms with Gasteiger partial charge < -0.3 is 15.7 Å². The largest absolute Gasteiger partial charge is 0.393 e. The van der Waals surface area contributed by atoms with E-state index in [1.54, 1.807) is 0 Å². The number of aryl methyl sites for hydroxylation is 2. The fraction of sp³-hybridized carbons (Fsp3) is 0.632.